The van der Waals surface area contributed by atoms with Crippen LogP contribution in [0.1, 0.15) is 18.5 Å². The molecule has 0 aliphatic carbocycles. The Hall–Kier alpha value is -5.26. The number of pyridine rings is 1. The first kappa shape index (κ1) is 26.6. The minimum absolute atomic E-state index is 0.00319. The van der Waals surface area contributed by atoms with Gasteiger partial charge in [0.15, 0.2) is 0 Å². The Kier molecular flexibility index (Phi) is 7.15. The predicted octanol–water partition coefficient (Wildman–Crippen LogP) is 9.39. The number of benzene rings is 4. The maximum absolute atomic E-state index is 6.28. The number of rotatable bonds is 7. The molecule has 0 N–H and O–H groups in total. The Morgan fingerprint density at radius 3 is 2.02 bits per heavy atom. The van der Waals surface area contributed by atoms with Gasteiger partial charge in [0.25, 0.3) is 0 Å². The number of hydrogen-bond donors (Lipinski definition) is 0. The summed E-state index contributed by atoms with van der Waals surface area (Å²) in [7, 11) is 0. The summed E-state index contributed by atoms with van der Waals surface area (Å²) in [5.41, 5.74) is 10.7. The molecule has 0 saturated heterocycles. The molecule has 6 heteroatoms. The molecular formula is C37H28ClN5. The zero-order valence-corrected chi connectivity index (χ0v) is 24.3. The van der Waals surface area contributed by atoms with Crippen LogP contribution < -0.4 is 0 Å². The van der Waals surface area contributed by atoms with Gasteiger partial charge in [0.1, 0.15) is 5.69 Å². The highest BCUT2D eigenvalue weighted by molar-refractivity contribution is 6.30. The lowest BCUT2D eigenvalue weighted by atomic mass is 10.0. The van der Waals surface area contributed by atoms with Crippen LogP contribution >= 0.6 is 11.6 Å². The fraction of sp³-hybridized carbons (Fsp3) is 0.0541. The molecule has 1 unspecified atom stereocenters. The minimum Gasteiger partial charge on any atom is -0.309 e. The first-order valence-electron chi connectivity index (χ1n) is 14.2. The van der Waals surface area contributed by atoms with Crippen LogP contribution in [0.25, 0.3) is 50.6 Å². The Morgan fingerprint density at radius 2 is 1.35 bits per heavy atom. The minimum atomic E-state index is 0.00319. The molecule has 0 fully saturated rings. The molecule has 3 heterocycles. The highest BCUT2D eigenvalue weighted by atomic mass is 35.5. The van der Waals surface area contributed by atoms with Crippen molar-refractivity contribution in [2.75, 3.05) is 0 Å². The van der Waals surface area contributed by atoms with E-state index in [0.29, 0.717) is 0 Å². The standard InChI is InChI=1S/C37H28ClN5/c1-26(42-25-35(40-41-42)31-13-8-22-39-24-31)27-16-20-33(21-17-27)43-36(29-9-4-2-5-10-29)23-34(28-14-18-32(38)19-15-28)37(43)30-11-6-3-7-12-30/h2-26H,1H3. The molecule has 1 atom stereocenters. The lowest BCUT2D eigenvalue weighted by molar-refractivity contribution is 0.543. The van der Waals surface area contributed by atoms with E-state index in [1.54, 1.807) is 12.4 Å². The molecule has 4 aromatic carbocycles. The van der Waals surface area contributed by atoms with E-state index in [0.717, 1.165) is 61.2 Å². The monoisotopic (exact) mass is 577 g/mol. The molecule has 0 spiro atoms. The molecule has 7 aromatic rings. The van der Waals surface area contributed by atoms with Gasteiger partial charge in [0.05, 0.1) is 23.6 Å². The van der Waals surface area contributed by atoms with E-state index >= 15 is 0 Å². The second kappa shape index (κ2) is 11.6. The van der Waals surface area contributed by atoms with Gasteiger partial charge in [0.2, 0.25) is 0 Å². The maximum atomic E-state index is 6.28. The van der Waals surface area contributed by atoms with Gasteiger partial charge in [-0.1, -0.05) is 102 Å². The SMILES string of the molecule is CC(c1ccc(-n2c(-c3ccccc3)cc(-c3ccc(Cl)cc3)c2-c2ccccc2)cc1)n1cc(-c2cccnc2)nn1. The zero-order valence-electron chi connectivity index (χ0n) is 23.5. The molecule has 3 aromatic heterocycles. The van der Waals surface area contributed by atoms with Crippen molar-refractivity contribution in [1.29, 1.82) is 0 Å². The molecule has 0 bridgehead atoms. The first-order valence-corrected chi connectivity index (χ1v) is 14.6. The lowest BCUT2D eigenvalue weighted by Crippen LogP contribution is -2.08. The van der Waals surface area contributed by atoms with Gasteiger partial charge >= 0.3 is 0 Å². The van der Waals surface area contributed by atoms with Crippen LogP contribution in [0, 0.1) is 0 Å². The van der Waals surface area contributed by atoms with Crippen LogP contribution in [-0.2, 0) is 0 Å². The summed E-state index contributed by atoms with van der Waals surface area (Å²) in [5, 5.41) is 9.53. The molecule has 0 saturated carbocycles. The summed E-state index contributed by atoms with van der Waals surface area (Å²) < 4.78 is 4.26. The normalized spacial score (nSPS) is 11.9. The Balaban J connectivity index is 1.34. The van der Waals surface area contributed by atoms with E-state index in [9.17, 15) is 0 Å². The number of hydrogen-bond acceptors (Lipinski definition) is 3. The Labute approximate surface area is 255 Å². The van der Waals surface area contributed by atoms with Gasteiger partial charge in [-0.15, -0.1) is 5.10 Å². The summed E-state index contributed by atoms with van der Waals surface area (Å²) in [6.45, 7) is 2.13. The van der Waals surface area contributed by atoms with Gasteiger partial charge in [-0.3, -0.25) is 4.98 Å². The fourth-order valence-electron chi connectivity index (χ4n) is 5.50. The van der Waals surface area contributed by atoms with E-state index in [2.05, 4.69) is 130 Å². The summed E-state index contributed by atoms with van der Waals surface area (Å²) in [4.78, 5) is 4.21. The molecular weight excluding hydrogens is 550 g/mol. The van der Waals surface area contributed by atoms with Crippen LogP contribution in [0.4, 0.5) is 0 Å². The summed E-state index contributed by atoms with van der Waals surface area (Å²) in [5.74, 6) is 0. The second-order valence-corrected chi connectivity index (χ2v) is 10.9. The van der Waals surface area contributed by atoms with Crippen LogP contribution in [0.5, 0.6) is 0 Å². The molecule has 7 rings (SSSR count). The summed E-state index contributed by atoms with van der Waals surface area (Å²) in [6.07, 6.45) is 5.53. The number of nitrogens with zero attached hydrogens (tertiary/aromatic N) is 5. The Bertz CT molecular complexity index is 1960. The van der Waals surface area contributed by atoms with Crippen molar-refractivity contribution in [2.24, 2.45) is 0 Å². The largest absolute Gasteiger partial charge is 0.309 e. The average Bonchev–Trinajstić information content (AvgIpc) is 3.73. The average molecular weight is 578 g/mol. The summed E-state index contributed by atoms with van der Waals surface area (Å²) in [6, 6.07) is 44.1. The van der Waals surface area contributed by atoms with Crippen LogP contribution in [0.2, 0.25) is 5.02 Å². The van der Waals surface area contributed by atoms with Crippen LogP contribution in [-0.4, -0.2) is 24.5 Å². The quantitative estimate of drug-likeness (QED) is 0.189. The first-order chi connectivity index (χ1) is 21.2. The van der Waals surface area contributed by atoms with E-state index in [-0.39, 0.29) is 6.04 Å². The second-order valence-electron chi connectivity index (χ2n) is 10.5. The van der Waals surface area contributed by atoms with E-state index < -0.39 is 0 Å². The fourth-order valence-corrected chi connectivity index (χ4v) is 5.62. The molecule has 0 aliphatic rings. The number of halogens is 1. The van der Waals surface area contributed by atoms with Crippen molar-refractivity contribution >= 4 is 11.6 Å². The third-order valence-electron chi connectivity index (χ3n) is 7.77. The van der Waals surface area contributed by atoms with Gasteiger partial charge in [-0.2, -0.15) is 0 Å². The zero-order chi connectivity index (χ0) is 29.2. The Morgan fingerprint density at radius 1 is 0.674 bits per heavy atom. The van der Waals surface area contributed by atoms with Gasteiger partial charge in [-0.05, 0) is 71.6 Å². The van der Waals surface area contributed by atoms with E-state index in [1.807, 2.05) is 35.1 Å². The molecule has 43 heavy (non-hydrogen) atoms. The van der Waals surface area contributed by atoms with Crippen LogP contribution in [0.15, 0.2) is 146 Å². The molecule has 0 radical (unpaired) electrons. The highest BCUT2D eigenvalue weighted by Crippen LogP contribution is 2.41. The molecule has 0 aliphatic heterocycles. The molecule has 5 nitrogen and oxygen atoms in total. The van der Waals surface area contributed by atoms with Crippen molar-refractivity contribution in [3.05, 3.63) is 157 Å². The van der Waals surface area contributed by atoms with Gasteiger partial charge < -0.3 is 4.57 Å². The van der Waals surface area contributed by atoms with Crippen molar-refractivity contribution in [2.45, 2.75) is 13.0 Å². The van der Waals surface area contributed by atoms with Crippen molar-refractivity contribution in [1.82, 2.24) is 24.5 Å². The highest BCUT2D eigenvalue weighted by Gasteiger charge is 2.21. The molecule has 208 valence electrons. The topological polar surface area (TPSA) is 48.5 Å². The third-order valence-corrected chi connectivity index (χ3v) is 8.02. The van der Waals surface area contributed by atoms with E-state index in [1.165, 1.54) is 0 Å². The van der Waals surface area contributed by atoms with Crippen LogP contribution in [0.3, 0.4) is 0 Å². The van der Waals surface area contributed by atoms with Gasteiger partial charge in [-0.25, -0.2) is 4.68 Å². The van der Waals surface area contributed by atoms with Crippen molar-refractivity contribution in [3.8, 4) is 50.6 Å². The summed E-state index contributed by atoms with van der Waals surface area (Å²) >= 11 is 6.28. The third kappa shape index (κ3) is 5.27. The van der Waals surface area contributed by atoms with Crippen molar-refractivity contribution in [3.63, 3.8) is 0 Å². The van der Waals surface area contributed by atoms with Gasteiger partial charge in [0, 0.05) is 34.2 Å². The predicted molar refractivity (Wildman–Crippen MR) is 174 cm³/mol. The van der Waals surface area contributed by atoms with Crippen molar-refractivity contribution < 1.29 is 0 Å². The molecule has 0 amide bonds. The van der Waals surface area contributed by atoms with E-state index in [4.69, 9.17) is 11.6 Å². The smallest absolute Gasteiger partial charge is 0.114 e. The maximum Gasteiger partial charge on any atom is 0.114 e. The number of aromatic nitrogens is 5. The lowest BCUT2D eigenvalue weighted by Gasteiger charge is -2.17.